The van der Waals surface area contributed by atoms with E-state index in [1.165, 1.54) is 18.3 Å². The highest BCUT2D eigenvalue weighted by Crippen LogP contribution is 2.18. The molecule has 0 saturated carbocycles. The molecule has 2 aromatic rings. The smallest absolute Gasteiger partial charge is 0.339 e. The van der Waals surface area contributed by atoms with Crippen LogP contribution in [0.4, 0.5) is 0 Å². The lowest BCUT2D eigenvalue weighted by Gasteiger charge is -2.04. The normalized spacial score (nSPS) is 11.5. The largest absolute Gasteiger partial charge is 0.462 e. The van der Waals surface area contributed by atoms with Gasteiger partial charge in [-0.2, -0.15) is 0 Å². The van der Waals surface area contributed by atoms with Gasteiger partial charge in [0.25, 0.3) is 0 Å². The number of rotatable bonds is 3. The van der Waals surface area contributed by atoms with Crippen LogP contribution in [0.2, 0.25) is 0 Å². The summed E-state index contributed by atoms with van der Waals surface area (Å²) in [5, 5.41) is 0.693. The maximum Gasteiger partial charge on any atom is 0.339 e. The highest BCUT2D eigenvalue weighted by atomic mass is 32.2. The fourth-order valence-electron chi connectivity index (χ4n) is 1.66. The monoisotopic (exact) mass is 279 g/mol. The molecule has 1 aromatic carbocycles. The molecule has 0 fully saturated rings. The van der Waals surface area contributed by atoms with Crippen LogP contribution in [0, 0.1) is 0 Å². The molecule has 0 atom stereocenters. The van der Waals surface area contributed by atoms with E-state index in [1.807, 2.05) is 0 Å². The molecule has 0 saturated heterocycles. The van der Waals surface area contributed by atoms with E-state index in [2.05, 4.69) is 4.98 Å². The summed E-state index contributed by atoms with van der Waals surface area (Å²) in [6.45, 7) is 2.02. The number of fused-ring (bicyclic) bond motifs is 1. The molecular weight excluding hydrogens is 266 g/mol. The molecule has 0 aliphatic rings. The highest BCUT2D eigenvalue weighted by molar-refractivity contribution is 7.90. The Balaban J connectivity index is 2.49. The van der Waals surface area contributed by atoms with Crippen molar-refractivity contribution >= 4 is 26.7 Å². The van der Waals surface area contributed by atoms with Gasteiger partial charge >= 0.3 is 5.97 Å². The first kappa shape index (κ1) is 13.5. The zero-order valence-electron chi connectivity index (χ0n) is 10.6. The highest BCUT2D eigenvalue weighted by Gasteiger charge is 2.11. The van der Waals surface area contributed by atoms with E-state index in [-0.39, 0.29) is 4.90 Å². The number of hydrogen-bond acceptors (Lipinski definition) is 5. The molecule has 6 heteroatoms. The molecular formula is C13H13NO4S. The second-order valence-electron chi connectivity index (χ2n) is 4.07. The molecule has 5 nitrogen and oxygen atoms in total. The Labute approximate surface area is 111 Å². The summed E-state index contributed by atoms with van der Waals surface area (Å²) in [6.07, 6.45) is 2.52. The van der Waals surface area contributed by atoms with Gasteiger partial charge in [-0.25, -0.2) is 13.2 Å². The first-order valence-corrected chi connectivity index (χ1v) is 7.58. The summed E-state index contributed by atoms with van der Waals surface area (Å²) in [7, 11) is -3.26. The van der Waals surface area contributed by atoms with Crippen molar-refractivity contribution in [2.75, 3.05) is 12.9 Å². The van der Waals surface area contributed by atoms with Crippen LogP contribution < -0.4 is 0 Å². The van der Waals surface area contributed by atoms with Gasteiger partial charge in [0, 0.05) is 17.8 Å². The lowest BCUT2D eigenvalue weighted by molar-refractivity contribution is 0.0526. The van der Waals surface area contributed by atoms with Crippen LogP contribution in [-0.2, 0) is 14.6 Å². The Bertz CT molecular complexity index is 737. The van der Waals surface area contributed by atoms with E-state index in [0.29, 0.717) is 23.1 Å². The molecule has 0 radical (unpaired) electrons. The van der Waals surface area contributed by atoms with Gasteiger partial charge in [-0.1, -0.05) is 6.07 Å². The predicted octanol–water partition coefficient (Wildman–Crippen LogP) is 1.81. The van der Waals surface area contributed by atoms with Crippen LogP contribution in [0.5, 0.6) is 0 Å². The van der Waals surface area contributed by atoms with Crippen LogP contribution in [0.25, 0.3) is 10.9 Å². The van der Waals surface area contributed by atoms with Gasteiger partial charge in [0.2, 0.25) is 0 Å². The van der Waals surface area contributed by atoms with Crippen molar-refractivity contribution in [2.45, 2.75) is 11.8 Å². The van der Waals surface area contributed by atoms with Gasteiger partial charge in [-0.3, -0.25) is 4.98 Å². The van der Waals surface area contributed by atoms with Gasteiger partial charge in [-0.05, 0) is 25.1 Å². The maximum absolute atomic E-state index is 11.6. The fraction of sp³-hybridized carbons (Fsp3) is 0.231. The van der Waals surface area contributed by atoms with E-state index in [4.69, 9.17) is 4.74 Å². The second-order valence-corrected chi connectivity index (χ2v) is 6.09. The van der Waals surface area contributed by atoms with Crippen molar-refractivity contribution in [3.8, 4) is 0 Å². The van der Waals surface area contributed by atoms with Crippen LogP contribution in [0.3, 0.4) is 0 Å². The van der Waals surface area contributed by atoms with Crippen LogP contribution in [-0.4, -0.2) is 32.2 Å². The standard InChI is InChI=1S/C13H13NO4S/c1-3-18-13(15)10-6-9-4-5-11(19(2,16)17)7-12(9)14-8-10/h4-8H,3H2,1-2H3. The number of aromatic nitrogens is 1. The summed E-state index contributed by atoms with van der Waals surface area (Å²) in [6, 6.07) is 6.24. The Morgan fingerprint density at radius 1 is 1.32 bits per heavy atom. The van der Waals surface area contributed by atoms with E-state index in [0.717, 1.165) is 6.26 Å². The van der Waals surface area contributed by atoms with Crippen LogP contribution in [0.15, 0.2) is 35.4 Å². The molecule has 19 heavy (non-hydrogen) atoms. The maximum atomic E-state index is 11.6. The SMILES string of the molecule is CCOC(=O)c1cnc2cc(S(C)(=O)=O)ccc2c1. The topological polar surface area (TPSA) is 73.3 Å². The summed E-state index contributed by atoms with van der Waals surface area (Å²) in [5.74, 6) is -0.441. The lowest BCUT2D eigenvalue weighted by atomic mass is 10.1. The summed E-state index contributed by atoms with van der Waals surface area (Å²) < 4.78 is 27.8. The minimum Gasteiger partial charge on any atom is -0.462 e. The number of sulfone groups is 1. The van der Waals surface area contributed by atoms with Crippen molar-refractivity contribution < 1.29 is 17.9 Å². The quantitative estimate of drug-likeness (QED) is 0.801. The van der Waals surface area contributed by atoms with E-state index in [9.17, 15) is 13.2 Å². The van der Waals surface area contributed by atoms with Crippen molar-refractivity contribution in [3.05, 3.63) is 36.0 Å². The third-order valence-corrected chi connectivity index (χ3v) is 3.71. The Kier molecular flexibility index (Phi) is 3.53. The van der Waals surface area contributed by atoms with Gasteiger partial charge in [0.05, 0.1) is 22.6 Å². The summed E-state index contributed by atoms with van der Waals surface area (Å²) >= 11 is 0. The third-order valence-electron chi connectivity index (χ3n) is 2.59. The van der Waals surface area contributed by atoms with E-state index in [1.54, 1.807) is 19.1 Å². The van der Waals surface area contributed by atoms with Crippen molar-refractivity contribution in [2.24, 2.45) is 0 Å². The van der Waals surface area contributed by atoms with Gasteiger partial charge in [0.1, 0.15) is 0 Å². The number of benzene rings is 1. The fourth-order valence-corrected chi connectivity index (χ4v) is 2.30. The molecule has 0 unspecified atom stereocenters. The first-order chi connectivity index (χ1) is 8.91. The molecule has 0 bridgehead atoms. The zero-order valence-corrected chi connectivity index (χ0v) is 11.4. The molecule has 2 rings (SSSR count). The number of hydrogen-bond donors (Lipinski definition) is 0. The molecule has 1 aromatic heterocycles. The molecule has 0 spiro atoms. The van der Waals surface area contributed by atoms with Gasteiger partial charge in [-0.15, -0.1) is 0 Å². The summed E-state index contributed by atoms with van der Waals surface area (Å²) in [5.41, 5.74) is 0.873. The minimum absolute atomic E-state index is 0.205. The first-order valence-electron chi connectivity index (χ1n) is 5.69. The number of carbonyl (C=O) groups excluding carboxylic acids is 1. The summed E-state index contributed by atoms with van der Waals surface area (Å²) in [4.78, 5) is 15.9. The lowest BCUT2D eigenvalue weighted by Crippen LogP contribution is -2.05. The molecule has 1 heterocycles. The minimum atomic E-state index is -3.26. The number of pyridine rings is 1. The number of ether oxygens (including phenoxy) is 1. The number of esters is 1. The molecule has 0 N–H and O–H groups in total. The molecule has 0 aliphatic heterocycles. The molecule has 0 aliphatic carbocycles. The van der Waals surface area contributed by atoms with E-state index < -0.39 is 15.8 Å². The predicted molar refractivity (Wildman–Crippen MR) is 70.8 cm³/mol. The molecule has 100 valence electrons. The molecule has 0 amide bonds. The van der Waals surface area contributed by atoms with Crippen molar-refractivity contribution in [1.29, 1.82) is 0 Å². The average molecular weight is 279 g/mol. The average Bonchev–Trinajstić information content (AvgIpc) is 2.36. The van der Waals surface area contributed by atoms with E-state index >= 15 is 0 Å². The Morgan fingerprint density at radius 2 is 2.05 bits per heavy atom. The van der Waals surface area contributed by atoms with Crippen LogP contribution >= 0.6 is 0 Å². The number of nitrogens with zero attached hydrogens (tertiary/aromatic N) is 1. The number of carbonyl (C=O) groups is 1. The third kappa shape index (κ3) is 2.90. The van der Waals surface area contributed by atoms with Crippen molar-refractivity contribution in [1.82, 2.24) is 4.98 Å². The van der Waals surface area contributed by atoms with Gasteiger partial charge < -0.3 is 4.74 Å². The van der Waals surface area contributed by atoms with Crippen molar-refractivity contribution in [3.63, 3.8) is 0 Å². The van der Waals surface area contributed by atoms with Crippen LogP contribution in [0.1, 0.15) is 17.3 Å². The zero-order chi connectivity index (χ0) is 14.0. The van der Waals surface area contributed by atoms with Gasteiger partial charge in [0.15, 0.2) is 9.84 Å². The second kappa shape index (κ2) is 4.97. The Morgan fingerprint density at radius 3 is 2.68 bits per heavy atom. The Hall–Kier alpha value is -1.95.